The van der Waals surface area contributed by atoms with Crippen LogP contribution in [0.3, 0.4) is 0 Å². The highest BCUT2D eigenvalue weighted by molar-refractivity contribution is 7.91. The van der Waals surface area contributed by atoms with Crippen LogP contribution in [0.1, 0.15) is 41.7 Å². The normalized spacial score (nSPS) is 15.2. The third kappa shape index (κ3) is 5.63. The number of sulfone groups is 1. The number of aromatic amines is 1. The predicted molar refractivity (Wildman–Crippen MR) is 147 cm³/mol. The quantitative estimate of drug-likeness (QED) is 0.227. The summed E-state index contributed by atoms with van der Waals surface area (Å²) in [7, 11) is -3.91. The lowest BCUT2D eigenvalue weighted by molar-refractivity contribution is 0.0955. The van der Waals surface area contributed by atoms with Crippen molar-refractivity contribution in [2.75, 3.05) is 25.4 Å². The number of nitrogen functional groups attached to an aromatic ring is 1. The lowest BCUT2D eigenvalue weighted by Gasteiger charge is -2.31. The van der Waals surface area contributed by atoms with E-state index in [1.807, 2.05) is 6.07 Å². The summed E-state index contributed by atoms with van der Waals surface area (Å²) in [4.78, 5) is 19.2. The molecule has 1 fully saturated rings. The molecule has 1 aromatic heterocycles. The van der Waals surface area contributed by atoms with Gasteiger partial charge in [0, 0.05) is 29.6 Å². The number of hydrogen-bond donors (Lipinski definition) is 2. The molecule has 2 heterocycles. The molecular weight excluding hydrogens is 482 g/mol. The number of carbonyl (C=O) groups excluding carboxylic acids is 1. The minimum Gasteiger partial charge on any atom is -0.399 e. The molecule has 1 aliphatic heterocycles. The number of piperidine rings is 1. The first-order valence-corrected chi connectivity index (χ1v) is 14.4. The standard InChI is InChI=1S/C30H33N3O3S/c31-24-12-13-27-26(21-24)30(37(35,36)25-9-5-2-6-10-25)29(32-27)28(34)14-11-23-16-19-33(20-17-23)18-15-22-7-3-1-4-8-22/h1-10,12-13,21,23,32H,11,14-20,31H2. The van der Waals surface area contributed by atoms with E-state index in [1.165, 1.54) is 5.56 Å². The van der Waals surface area contributed by atoms with Crippen molar-refractivity contribution >= 4 is 32.2 Å². The van der Waals surface area contributed by atoms with Crippen LogP contribution < -0.4 is 5.73 Å². The fourth-order valence-corrected chi connectivity index (χ4v) is 6.91. The van der Waals surface area contributed by atoms with E-state index in [0.717, 1.165) is 45.3 Å². The molecule has 1 saturated heterocycles. The second-order valence-corrected chi connectivity index (χ2v) is 11.8. The Morgan fingerprint density at radius 3 is 2.32 bits per heavy atom. The van der Waals surface area contributed by atoms with Gasteiger partial charge in [0.2, 0.25) is 9.84 Å². The van der Waals surface area contributed by atoms with Crippen LogP contribution in [-0.4, -0.2) is 43.7 Å². The van der Waals surface area contributed by atoms with Crippen molar-refractivity contribution in [2.45, 2.75) is 41.9 Å². The van der Waals surface area contributed by atoms with Crippen molar-refractivity contribution in [3.05, 3.63) is 90.1 Å². The molecule has 0 radical (unpaired) electrons. The van der Waals surface area contributed by atoms with Gasteiger partial charge in [-0.15, -0.1) is 0 Å². The Morgan fingerprint density at radius 2 is 1.62 bits per heavy atom. The molecule has 0 saturated carbocycles. The maximum absolute atomic E-state index is 13.6. The summed E-state index contributed by atoms with van der Waals surface area (Å²) in [6.45, 7) is 3.12. The molecule has 0 unspecified atom stereocenters. The second-order valence-electron chi connectivity index (χ2n) is 9.93. The number of aromatic nitrogens is 1. The number of rotatable bonds is 9. The van der Waals surface area contributed by atoms with Gasteiger partial charge in [-0.25, -0.2) is 8.42 Å². The Balaban J connectivity index is 1.27. The number of ketones is 1. The number of fused-ring (bicyclic) bond motifs is 1. The zero-order chi connectivity index (χ0) is 25.8. The number of anilines is 1. The molecule has 0 atom stereocenters. The minimum atomic E-state index is -3.91. The van der Waals surface area contributed by atoms with Crippen LogP contribution >= 0.6 is 0 Å². The first kappa shape index (κ1) is 25.2. The molecule has 192 valence electrons. The molecule has 6 nitrogen and oxygen atoms in total. The zero-order valence-electron chi connectivity index (χ0n) is 20.9. The third-order valence-electron chi connectivity index (χ3n) is 7.42. The molecule has 0 amide bonds. The average Bonchev–Trinajstić information content (AvgIpc) is 3.32. The molecule has 0 spiro atoms. The van der Waals surface area contributed by atoms with Crippen LogP contribution in [0.5, 0.6) is 0 Å². The van der Waals surface area contributed by atoms with Gasteiger partial charge < -0.3 is 15.6 Å². The van der Waals surface area contributed by atoms with E-state index in [0.29, 0.717) is 28.9 Å². The summed E-state index contributed by atoms with van der Waals surface area (Å²) in [5, 5.41) is 0.457. The van der Waals surface area contributed by atoms with Gasteiger partial charge in [-0.05, 0) is 80.6 Å². The van der Waals surface area contributed by atoms with Crippen molar-refractivity contribution in [1.82, 2.24) is 9.88 Å². The smallest absolute Gasteiger partial charge is 0.209 e. The second kappa shape index (κ2) is 10.9. The number of hydrogen-bond acceptors (Lipinski definition) is 5. The highest BCUT2D eigenvalue weighted by atomic mass is 32.2. The van der Waals surface area contributed by atoms with Crippen molar-refractivity contribution in [3.8, 4) is 0 Å². The molecule has 1 aliphatic rings. The summed E-state index contributed by atoms with van der Waals surface area (Å²) in [5.74, 6) is 0.293. The largest absolute Gasteiger partial charge is 0.399 e. The van der Waals surface area contributed by atoms with Gasteiger partial charge in [0.15, 0.2) is 5.78 Å². The molecule has 0 aliphatic carbocycles. The highest BCUT2D eigenvalue weighted by Crippen LogP contribution is 2.34. The topological polar surface area (TPSA) is 96.3 Å². The van der Waals surface area contributed by atoms with E-state index in [4.69, 9.17) is 5.73 Å². The molecule has 37 heavy (non-hydrogen) atoms. The number of nitrogens with one attached hydrogen (secondary N) is 1. The number of nitrogens with two attached hydrogens (primary N) is 1. The summed E-state index contributed by atoms with van der Waals surface area (Å²) >= 11 is 0. The first-order valence-electron chi connectivity index (χ1n) is 12.9. The fourth-order valence-electron chi connectivity index (χ4n) is 5.27. The first-order chi connectivity index (χ1) is 17.9. The monoisotopic (exact) mass is 515 g/mol. The SMILES string of the molecule is Nc1ccc2[nH]c(C(=O)CCC3CCN(CCc4ccccc4)CC3)c(S(=O)(=O)c3ccccc3)c2c1. The van der Waals surface area contributed by atoms with E-state index in [1.54, 1.807) is 48.5 Å². The van der Waals surface area contributed by atoms with Crippen LogP contribution in [0.4, 0.5) is 5.69 Å². The highest BCUT2D eigenvalue weighted by Gasteiger charge is 2.30. The van der Waals surface area contributed by atoms with E-state index >= 15 is 0 Å². The van der Waals surface area contributed by atoms with Crippen LogP contribution in [-0.2, 0) is 16.3 Å². The predicted octanol–water partition coefficient (Wildman–Crippen LogP) is 5.50. The maximum atomic E-state index is 13.6. The van der Waals surface area contributed by atoms with Crippen molar-refractivity contribution in [1.29, 1.82) is 0 Å². The number of H-pyrrole nitrogens is 1. The average molecular weight is 516 g/mol. The Bertz CT molecular complexity index is 1470. The molecular formula is C30H33N3O3S. The van der Waals surface area contributed by atoms with Crippen LogP contribution in [0, 0.1) is 5.92 Å². The Hall–Kier alpha value is -3.42. The van der Waals surface area contributed by atoms with E-state index in [2.05, 4.69) is 34.1 Å². The van der Waals surface area contributed by atoms with Gasteiger partial charge in [0.25, 0.3) is 0 Å². The number of Topliss-reactive ketones (excluding diaryl/α,β-unsaturated/α-hetero) is 1. The van der Waals surface area contributed by atoms with Gasteiger partial charge in [0.1, 0.15) is 10.6 Å². The maximum Gasteiger partial charge on any atom is 0.209 e. The molecule has 5 rings (SSSR count). The van der Waals surface area contributed by atoms with Crippen LogP contribution in [0.15, 0.2) is 88.7 Å². The lowest BCUT2D eigenvalue weighted by atomic mass is 9.91. The molecule has 3 aromatic carbocycles. The summed E-state index contributed by atoms with van der Waals surface area (Å²) < 4.78 is 27.3. The fraction of sp³-hybridized carbons (Fsp3) is 0.300. The summed E-state index contributed by atoms with van der Waals surface area (Å²) in [5.41, 5.74) is 8.55. The van der Waals surface area contributed by atoms with Gasteiger partial charge in [-0.1, -0.05) is 48.5 Å². The van der Waals surface area contributed by atoms with E-state index in [9.17, 15) is 13.2 Å². The zero-order valence-corrected chi connectivity index (χ0v) is 21.7. The van der Waals surface area contributed by atoms with Crippen molar-refractivity contribution < 1.29 is 13.2 Å². The minimum absolute atomic E-state index is 0.0294. The van der Waals surface area contributed by atoms with Gasteiger partial charge in [-0.3, -0.25) is 4.79 Å². The number of nitrogens with zero attached hydrogens (tertiary/aromatic N) is 1. The van der Waals surface area contributed by atoms with E-state index < -0.39 is 9.84 Å². The molecule has 4 aromatic rings. The third-order valence-corrected chi connectivity index (χ3v) is 9.28. The Labute approximate surface area is 218 Å². The Kier molecular flexibility index (Phi) is 7.44. The van der Waals surface area contributed by atoms with Gasteiger partial charge >= 0.3 is 0 Å². The van der Waals surface area contributed by atoms with Crippen molar-refractivity contribution in [2.24, 2.45) is 5.92 Å². The molecule has 3 N–H and O–H groups in total. The van der Waals surface area contributed by atoms with E-state index in [-0.39, 0.29) is 21.3 Å². The molecule has 7 heteroatoms. The van der Waals surface area contributed by atoms with Gasteiger partial charge in [-0.2, -0.15) is 0 Å². The number of carbonyl (C=O) groups is 1. The van der Waals surface area contributed by atoms with Gasteiger partial charge in [0.05, 0.1) is 4.90 Å². The Morgan fingerprint density at radius 1 is 0.946 bits per heavy atom. The lowest BCUT2D eigenvalue weighted by Crippen LogP contribution is -2.35. The van der Waals surface area contributed by atoms with Crippen LogP contribution in [0.2, 0.25) is 0 Å². The van der Waals surface area contributed by atoms with Crippen LogP contribution in [0.25, 0.3) is 10.9 Å². The molecule has 0 bridgehead atoms. The summed E-state index contributed by atoms with van der Waals surface area (Å²) in [6.07, 6.45) is 4.23. The number of benzene rings is 3. The summed E-state index contributed by atoms with van der Waals surface area (Å²) in [6, 6.07) is 23.9. The van der Waals surface area contributed by atoms with Crippen molar-refractivity contribution in [3.63, 3.8) is 0 Å². The number of likely N-dealkylation sites (tertiary alicyclic amines) is 1.